The van der Waals surface area contributed by atoms with Crippen LogP contribution in [0, 0.1) is 6.92 Å². The van der Waals surface area contributed by atoms with Gasteiger partial charge in [0.1, 0.15) is 0 Å². The molecule has 0 heterocycles. The van der Waals surface area contributed by atoms with Gasteiger partial charge in [0.2, 0.25) is 0 Å². The lowest BCUT2D eigenvalue weighted by molar-refractivity contribution is 1.47. The van der Waals surface area contributed by atoms with Crippen molar-refractivity contribution in [2.75, 3.05) is 11.5 Å². The molecule has 2 aromatic carbocycles. The Bertz CT molecular complexity index is 335. The van der Waals surface area contributed by atoms with E-state index < -0.39 is 0 Å². The Labute approximate surface area is 101 Å². The van der Waals surface area contributed by atoms with Crippen molar-refractivity contribution in [3.8, 4) is 0 Å². The average molecular weight is 235 g/mol. The van der Waals surface area contributed by atoms with E-state index in [9.17, 15) is 0 Å². The van der Waals surface area contributed by atoms with Crippen LogP contribution in [-0.4, -0.2) is 0 Å². The summed E-state index contributed by atoms with van der Waals surface area (Å²) in [5.41, 5.74) is 13.6. The lowest BCUT2D eigenvalue weighted by Crippen LogP contribution is -1.81. The molecule has 0 unspecified atom stereocenters. The predicted octanol–water partition coefficient (Wildman–Crippen LogP) is 3.50. The van der Waals surface area contributed by atoms with Gasteiger partial charge in [0, 0.05) is 16.4 Å². The molecule has 2 nitrogen and oxygen atoms in total. The zero-order chi connectivity index (χ0) is 12.0. The number of halogens is 1. The second-order valence-corrected chi connectivity index (χ2v) is 3.90. The van der Waals surface area contributed by atoms with Gasteiger partial charge in [-0.3, -0.25) is 0 Å². The van der Waals surface area contributed by atoms with Crippen molar-refractivity contribution in [2.24, 2.45) is 0 Å². The lowest BCUT2D eigenvalue weighted by Gasteiger charge is -1.90. The van der Waals surface area contributed by atoms with Gasteiger partial charge < -0.3 is 11.5 Å². The molecule has 2 rings (SSSR count). The van der Waals surface area contributed by atoms with Crippen molar-refractivity contribution in [1.29, 1.82) is 0 Å². The summed E-state index contributed by atoms with van der Waals surface area (Å²) in [5.74, 6) is 0. The summed E-state index contributed by atoms with van der Waals surface area (Å²) in [6.07, 6.45) is 0. The molecule has 0 spiro atoms. The molecule has 0 aliphatic heterocycles. The molecule has 0 aliphatic rings. The van der Waals surface area contributed by atoms with E-state index in [1.807, 2.05) is 31.2 Å². The molecular weight excluding hydrogens is 220 g/mol. The summed E-state index contributed by atoms with van der Waals surface area (Å²) in [4.78, 5) is 0. The van der Waals surface area contributed by atoms with Gasteiger partial charge in [-0.1, -0.05) is 29.3 Å². The molecule has 0 fully saturated rings. The Balaban J connectivity index is 0.000000160. The van der Waals surface area contributed by atoms with Gasteiger partial charge in [-0.2, -0.15) is 0 Å². The molecule has 0 saturated heterocycles. The Hall–Kier alpha value is -1.67. The van der Waals surface area contributed by atoms with Gasteiger partial charge in [0.15, 0.2) is 0 Å². The van der Waals surface area contributed by atoms with Crippen LogP contribution in [-0.2, 0) is 0 Å². The van der Waals surface area contributed by atoms with Gasteiger partial charge in [-0.05, 0) is 43.3 Å². The van der Waals surface area contributed by atoms with E-state index >= 15 is 0 Å². The van der Waals surface area contributed by atoms with Crippen LogP contribution in [0.4, 0.5) is 11.4 Å². The van der Waals surface area contributed by atoms with Gasteiger partial charge in [0.25, 0.3) is 0 Å². The van der Waals surface area contributed by atoms with Gasteiger partial charge >= 0.3 is 0 Å². The van der Waals surface area contributed by atoms with E-state index in [0.29, 0.717) is 0 Å². The first-order chi connectivity index (χ1) is 7.58. The minimum Gasteiger partial charge on any atom is -0.399 e. The molecule has 0 atom stereocenters. The smallest absolute Gasteiger partial charge is 0.0407 e. The highest BCUT2D eigenvalue weighted by Gasteiger charge is 1.82. The Morgan fingerprint density at radius 1 is 0.750 bits per heavy atom. The molecular formula is C13H15ClN2. The first kappa shape index (κ1) is 12.4. The van der Waals surface area contributed by atoms with Gasteiger partial charge in [0.05, 0.1) is 0 Å². The molecule has 4 N–H and O–H groups in total. The van der Waals surface area contributed by atoms with Crippen molar-refractivity contribution in [1.82, 2.24) is 0 Å². The molecule has 0 saturated carbocycles. The van der Waals surface area contributed by atoms with Crippen LogP contribution in [0.3, 0.4) is 0 Å². The monoisotopic (exact) mass is 234 g/mol. The molecule has 2 aromatic rings. The molecule has 0 amide bonds. The molecule has 84 valence electrons. The second-order valence-electron chi connectivity index (χ2n) is 3.46. The molecule has 0 bridgehead atoms. The van der Waals surface area contributed by atoms with E-state index in [1.165, 1.54) is 5.56 Å². The van der Waals surface area contributed by atoms with Crippen molar-refractivity contribution in [2.45, 2.75) is 6.92 Å². The first-order valence-electron chi connectivity index (χ1n) is 4.91. The van der Waals surface area contributed by atoms with E-state index in [4.69, 9.17) is 23.1 Å². The summed E-state index contributed by atoms with van der Waals surface area (Å²) in [7, 11) is 0. The zero-order valence-electron chi connectivity index (χ0n) is 9.15. The number of nitrogens with two attached hydrogens (primary N) is 2. The third kappa shape index (κ3) is 4.71. The maximum atomic E-state index is 5.56. The van der Waals surface area contributed by atoms with Crippen molar-refractivity contribution < 1.29 is 0 Å². The third-order valence-corrected chi connectivity index (χ3v) is 2.20. The predicted molar refractivity (Wildman–Crippen MR) is 71.5 cm³/mol. The van der Waals surface area contributed by atoms with E-state index in [-0.39, 0.29) is 0 Å². The van der Waals surface area contributed by atoms with E-state index in [2.05, 4.69) is 0 Å². The average Bonchev–Trinajstić information content (AvgIpc) is 2.28. The fourth-order valence-electron chi connectivity index (χ4n) is 1.03. The zero-order valence-corrected chi connectivity index (χ0v) is 9.91. The van der Waals surface area contributed by atoms with Gasteiger partial charge in [-0.25, -0.2) is 0 Å². The van der Waals surface area contributed by atoms with Gasteiger partial charge in [-0.15, -0.1) is 0 Å². The molecule has 3 heteroatoms. The largest absolute Gasteiger partial charge is 0.399 e. The van der Waals surface area contributed by atoms with Crippen LogP contribution in [0.1, 0.15) is 5.56 Å². The topological polar surface area (TPSA) is 52.0 Å². The van der Waals surface area contributed by atoms with Crippen LogP contribution < -0.4 is 11.5 Å². The molecule has 0 radical (unpaired) electrons. The summed E-state index contributed by atoms with van der Waals surface area (Å²) < 4.78 is 0. The number of nitrogen functional groups attached to an aromatic ring is 2. The Kier molecular flexibility index (Phi) is 4.67. The summed E-state index contributed by atoms with van der Waals surface area (Å²) >= 11 is 5.56. The fraction of sp³-hybridized carbons (Fsp3) is 0.0769. The van der Waals surface area contributed by atoms with Crippen LogP contribution in [0.15, 0.2) is 48.5 Å². The van der Waals surface area contributed by atoms with Crippen LogP contribution in [0.2, 0.25) is 5.02 Å². The minimum atomic E-state index is 0.721. The standard InChI is InChI=1S/C7H9N.C6H6ClN/c1-6-2-4-7(8)5-3-6;7-5-1-3-6(8)4-2-5/h2-5H,8H2,1H3;1-4H,8H2. The van der Waals surface area contributed by atoms with Crippen LogP contribution in [0.5, 0.6) is 0 Å². The second kappa shape index (κ2) is 6.03. The maximum absolute atomic E-state index is 5.56. The SMILES string of the molecule is Cc1ccc(N)cc1.Nc1ccc(Cl)cc1. The number of benzene rings is 2. The summed E-state index contributed by atoms with van der Waals surface area (Å²) in [6, 6.07) is 14.8. The van der Waals surface area contributed by atoms with E-state index in [0.717, 1.165) is 16.4 Å². The summed E-state index contributed by atoms with van der Waals surface area (Å²) in [5, 5.41) is 0.721. The number of hydrogen-bond acceptors (Lipinski definition) is 2. The third-order valence-electron chi connectivity index (χ3n) is 1.95. The summed E-state index contributed by atoms with van der Waals surface area (Å²) in [6.45, 7) is 2.04. The van der Waals surface area contributed by atoms with Crippen molar-refractivity contribution >= 4 is 23.0 Å². The fourth-order valence-corrected chi connectivity index (χ4v) is 1.16. The normalized spacial score (nSPS) is 9.12. The minimum absolute atomic E-state index is 0.721. The number of anilines is 2. The maximum Gasteiger partial charge on any atom is 0.0407 e. The highest BCUT2D eigenvalue weighted by Crippen LogP contribution is 2.09. The van der Waals surface area contributed by atoms with Crippen LogP contribution >= 0.6 is 11.6 Å². The number of hydrogen-bond donors (Lipinski definition) is 2. The quantitative estimate of drug-likeness (QED) is 0.686. The molecule has 0 aromatic heterocycles. The highest BCUT2D eigenvalue weighted by atomic mass is 35.5. The first-order valence-corrected chi connectivity index (χ1v) is 5.29. The Morgan fingerprint density at radius 2 is 1.12 bits per heavy atom. The van der Waals surface area contributed by atoms with E-state index in [1.54, 1.807) is 24.3 Å². The molecule has 0 aliphatic carbocycles. The Morgan fingerprint density at radius 3 is 1.44 bits per heavy atom. The van der Waals surface area contributed by atoms with Crippen LogP contribution in [0.25, 0.3) is 0 Å². The number of rotatable bonds is 0. The number of aryl methyl sites for hydroxylation is 1. The van der Waals surface area contributed by atoms with Crippen molar-refractivity contribution in [3.05, 3.63) is 59.1 Å². The van der Waals surface area contributed by atoms with Crippen molar-refractivity contribution in [3.63, 3.8) is 0 Å². The lowest BCUT2D eigenvalue weighted by atomic mass is 10.2. The highest BCUT2D eigenvalue weighted by molar-refractivity contribution is 6.30. The molecule has 16 heavy (non-hydrogen) atoms.